The third-order valence-corrected chi connectivity index (χ3v) is 7.36. The van der Waals surface area contributed by atoms with E-state index >= 15 is 0 Å². The van der Waals surface area contributed by atoms with Gasteiger partial charge in [-0.3, -0.25) is 0 Å². The molecule has 3 heterocycles. The second-order valence-corrected chi connectivity index (χ2v) is 9.64. The van der Waals surface area contributed by atoms with Gasteiger partial charge in [0.15, 0.2) is 0 Å². The zero-order valence-corrected chi connectivity index (χ0v) is 19.5. The van der Waals surface area contributed by atoms with E-state index in [9.17, 15) is 0 Å². The molecule has 6 rings (SSSR count). The molecule has 1 N–H and O–H groups in total. The number of nitrogens with zero attached hydrogens (tertiary/aromatic N) is 3. The van der Waals surface area contributed by atoms with Crippen LogP contribution in [0.3, 0.4) is 0 Å². The molecule has 0 amide bonds. The lowest BCUT2D eigenvalue weighted by Gasteiger charge is -2.29. The Morgan fingerprint density at radius 2 is 1.88 bits per heavy atom. The van der Waals surface area contributed by atoms with Crippen LogP contribution in [0.1, 0.15) is 31.2 Å². The van der Waals surface area contributed by atoms with Crippen LogP contribution in [0.2, 0.25) is 0 Å². The van der Waals surface area contributed by atoms with Crippen LogP contribution in [0.5, 0.6) is 5.75 Å². The maximum Gasteiger partial charge on any atom is 0.127 e. The number of rotatable bonds is 3. The van der Waals surface area contributed by atoms with Crippen LogP contribution in [-0.4, -0.2) is 24.7 Å². The normalized spacial score (nSPS) is 22.3. The number of halogens is 1. The zero-order valence-electron chi connectivity index (χ0n) is 18.7. The van der Waals surface area contributed by atoms with Crippen molar-refractivity contribution in [3.8, 4) is 5.75 Å². The summed E-state index contributed by atoms with van der Waals surface area (Å²) in [5, 5.41) is 14.5. The number of H-pyrrole nitrogens is 1. The molecule has 0 bridgehead atoms. The Balaban J connectivity index is 1.26. The van der Waals surface area contributed by atoms with Crippen molar-refractivity contribution >= 4 is 39.8 Å². The van der Waals surface area contributed by atoms with Gasteiger partial charge in [-0.1, -0.05) is 48.0 Å². The first-order valence-electron chi connectivity index (χ1n) is 11.7. The minimum Gasteiger partial charge on any atom is -0.490 e. The minimum atomic E-state index is 0.233. The monoisotopic (exact) mass is 458 g/mol. The van der Waals surface area contributed by atoms with E-state index < -0.39 is 0 Å². The summed E-state index contributed by atoms with van der Waals surface area (Å²) in [4.78, 5) is 5.87. The molecule has 2 aromatic carbocycles. The summed E-state index contributed by atoms with van der Waals surface area (Å²) in [5.74, 6) is 1.37. The first-order valence-corrected chi connectivity index (χ1v) is 12.1. The van der Waals surface area contributed by atoms with Crippen molar-refractivity contribution in [2.75, 3.05) is 18.5 Å². The van der Waals surface area contributed by atoms with Crippen molar-refractivity contribution in [3.05, 3.63) is 69.8 Å². The van der Waals surface area contributed by atoms with E-state index in [4.69, 9.17) is 16.3 Å². The van der Waals surface area contributed by atoms with E-state index in [1.807, 2.05) is 12.2 Å². The molecule has 2 aliphatic heterocycles. The van der Waals surface area contributed by atoms with Crippen LogP contribution in [0.4, 0.5) is 5.69 Å². The summed E-state index contributed by atoms with van der Waals surface area (Å²) in [7, 11) is 2.11. The number of ether oxygens (including phenoxy) is 1. The molecule has 1 saturated carbocycles. The number of fused-ring (bicyclic) bond motifs is 4. The predicted octanol–water partition coefficient (Wildman–Crippen LogP) is 5.23. The lowest BCUT2D eigenvalue weighted by atomic mass is 9.84. The Kier molecular flexibility index (Phi) is 5.22. The summed E-state index contributed by atoms with van der Waals surface area (Å²) in [6, 6.07) is 14.7. The molecule has 168 valence electrons. The summed E-state index contributed by atoms with van der Waals surface area (Å²) < 4.78 is 6.48. The van der Waals surface area contributed by atoms with E-state index in [1.165, 1.54) is 22.0 Å². The Hall–Kier alpha value is -3.05. The first kappa shape index (κ1) is 20.5. The van der Waals surface area contributed by atoms with Gasteiger partial charge in [0.2, 0.25) is 0 Å². The quantitative estimate of drug-likeness (QED) is 0.584. The maximum absolute atomic E-state index is 6.48. The van der Waals surface area contributed by atoms with Gasteiger partial charge in [-0.15, -0.1) is 0 Å². The second kappa shape index (κ2) is 8.38. The third-order valence-electron chi connectivity index (χ3n) is 7.09. The summed E-state index contributed by atoms with van der Waals surface area (Å²) in [6.07, 6.45) is 8.42. The molecule has 0 unspecified atom stereocenters. The fraction of sp³-hybridized carbons (Fsp3) is 0.333. The van der Waals surface area contributed by atoms with Crippen LogP contribution in [-0.2, 0) is 6.54 Å². The van der Waals surface area contributed by atoms with Crippen LogP contribution < -0.4 is 20.3 Å². The fourth-order valence-electron chi connectivity index (χ4n) is 5.43. The molecule has 0 saturated heterocycles. The number of benzene rings is 2. The van der Waals surface area contributed by atoms with E-state index in [1.54, 1.807) is 0 Å². The topological polar surface area (TPSA) is 53.0 Å². The molecule has 6 heteroatoms. The smallest absolute Gasteiger partial charge is 0.127 e. The number of hydrogen-bond acceptors (Lipinski definition) is 4. The molecule has 1 aromatic heterocycles. The molecular formula is C27H27ClN4O. The average molecular weight is 459 g/mol. The largest absolute Gasteiger partial charge is 0.490 e. The lowest BCUT2D eigenvalue weighted by molar-refractivity contribution is 0.144. The molecule has 1 fully saturated rings. The first-order chi connectivity index (χ1) is 16.2. The number of aromatic nitrogens is 1. The Labute approximate surface area is 198 Å². The van der Waals surface area contributed by atoms with Crippen LogP contribution >= 0.6 is 11.6 Å². The van der Waals surface area contributed by atoms with Crippen LogP contribution in [0, 0.1) is 5.92 Å². The highest BCUT2D eigenvalue weighted by atomic mass is 35.5. The molecule has 0 radical (unpaired) electrons. The highest BCUT2D eigenvalue weighted by Gasteiger charge is 2.29. The van der Waals surface area contributed by atoms with Gasteiger partial charge in [-0.05, 0) is 49.3 Å². The molecular weight excluding hydrogens is 432 g/mol. The van der Waals surface area contributed by atoms with E-state index in [0.717, 1.165) is 59.4 Å². The number of hydrogen-bond donors (Lipinski definition) is 1. The van der Waals surface area contributed by atoms with E-state index in [-0.39, 0.29) is 6.10 Å². The number of anilines is 1. The van der Waals surface area contributed by atoms with Gasteiger partial charge >= 0.3 is 0 Å². The van der Waals surface area contributed by atoms with Gasteiger partial charge in [0.05, 0.1) is 34.7 Å². The van der Waals surface area contributed by atoms with E-state index in [2.05, 4.69) is 69.6 Å². The van der Waals surface area contributed by atoms with Crippen molar-refractivity contribution < 1.29 is 4.74 Å². The molecule has 0 atom stereocenters. The number of likely N-dealkylation sites (N-methyl/N-ethyl adjacent to an activating group) is 1. The number of nitrogens with one attached hydrogen (secondary N) is 1. The number of allylic oxidation sites excluding steroid dienone is 1. The average Bonchev–Trinajstić information content (AvgIpc) is 3.14. The van der Waals surface area contributed by atoms with Crippen LogP contribution in [0.15, 0.2) is 63.8 Å². The van der Waals surface area contributed by atoms with Gasteiger partial charge in [0, 0.05) is 35.5 Å². The van der Waals surface area contributed by atoms with Crippen molar-refractivity contribution in [2.24, 2.45) is 16.1 Å². The second-order valence-electron chi connectivity index (χ2n) is 9.21. The lowest BCUT2D eigenvalue weighted by Crippen LogP contribution is -2.28. The summed E-state index contributed by atoms with van der Waals surface area (Å²) in [6.45, 7) is 1.40. The molecule has 5 nitrogen and oxygen atoms in total. The number of azo groups is 1. The minimum absolute atomic E-state index is 0.233. The Bertz CT molecular complexity index is 1390. The highest BCUT2D eigenvalue weighted by Crippen LogP contribution is 2.36. The summed E-state index contributed by atoms with van der Waals surface area (Å²) in [5.41, 5.74) is 3.53. The fourth-order valence-corrected chi connectivity index (χ4v) is 5.60. The van der Waals surface area contributed by atoms with Gasteiger partial charge in [-0.25, -0.2) is 0 Å². The van der Waals surface area contributed by atoms with Crippen LogP contribution in [0.25, 0.3) is 22.5 Å². The summed E-state index contributed by atoms with van der Waals surface area (Å²) >= 11 is 6.37. The predicted molar refractivity (Wildman–Crippen MR) is 134 cm³/mol. The van der Waals surface area contributed by atoms with Gasteiger partial charge in [0.1, 0.15) is 5.75 Å². The maximum atomic E-state index is 6.48. The van der Waals surface area contributed by atoms with Gasteiger partial charge in [0.25, 0.3) is 0 Å². The van der Waals surface area contributed by atoms with Crippen molar-refractivity contribution in [3.63, 3.8) is 0 Å². The van der Waals surface area contributed by atoms with Crippen molar-refractivity contribution in [1.29, 1.82) is 0 Å². The van der Waals surface area contributed by atoms with Crippen molar-refractivity contribution in [1.82, 2.24) is 4.98 Å². The molecule has 33 heavy (non-hydrogen) atoms. The standard InChI is InChI=1S/C27H27ClN4O/c1-32-14-13-19(28)15-23-27(32)22-16-29-31-25(26(22)30-23)18-9-11-20(12-10-18)33-24-8-4-6-17-5-2-3-7-21(17)24/h2-8,13,15,18,20,30H,9-12,14,16H2,1H3. The Morgan fingerprint density at radius 3 is 2.76 bits per heavy atom. The Morgan fingerprint density at radius 1 is 1.06 bits per heavy atom. The molecule has 0 spiro atoms. The number of aromatic amines is 1. The third kappa shape index (κ3) is 3.74. The zero-order chi connectivity index (χ0) is 22.4. The van der Waals surface area contributed by atoms with Gasteiger partial charge in [-0.2, -0.15) is 10.2 Å². The SMILES string of the molecule is CN1CC=C(Cl)C=c2[nH]c3c(c21)CN=NC=3C1CCC(Oc2cccc3ccccc23)CC1. The molecule has 1 aliphatic carbocycles. The molecule has 3 aromatic rings. The van der Waals surface area contributed by atoms with Crippen molar-refractivity contribution in [2.45, 2.75) is 38.3 Å². The molecule has 3 aliphatic rings. The van der Waals surface area contributed by atoms with E-state index in [0.29, 0.717) is 12.5 Å². The highest BCUT2D eigenvalue weighted by molar-refractivity contribution is 6.34. The van der Waals surface area contributed by atoms with Gasteiger partial charge < -0.3 is 14.6 Å².